The number of hydrogen-bond donors (Lipinski definition) is 0. The summed E-state index contributed by atoms with van der Waals surface area (Å²) in [5.41, 5.74) is 23.4. The zero-order valence-electron chi connectivity index (χ0n) is 50.9. The van der Waals surface area contributed by atoms with Crippen molar-refractivity contribution in [1.82, 2.24) is 0 Å². The van der Waals surface area contributed by atoms with Crippen molar-refractivity contribution in [3.05, 3.63) is 289 Å². The first kappa shape index (κ1) is 56.1. The van der Waals surface area contributed by atoms with Gasteiger partial charge in [-0.15, -0.1) is 45.3 Å². The summed E-state index contributed by atoms with van der Waals surface area (Å²) in [5, 5.41) is 42.0. The van der Waals surface area contributed by atoms with Crippen LogP contribution in [0.3, 0.4) is 0 Å². The second-order valence-electron chi connectivity index (χ2n) is 25.7. The Kier molecular flexibility index (Phi) is 12.7. The fraction of sp³-hybridized carbons (Fsp3) is 0.171. The van der Waals surface area contributed by atoms with Crippen molar-refractivity contribution >= 4 is 99.0 Å². The number of thiophene rings is 4. The molecule has 0 aliphatic heterocycles. The molecule has 0 atom stereocenters. The Bertz CT molecular complexity index is 5040. The molecule has 7 aromatic carbocycles. The van der Waals surface area contributed by atoms with Gasteiger partial charge < -0.3 is 0 Å². The van der Waals surface area contributed by atoms with Gasteiger partial charge in [-0.25, -0.2) is 0 Å². The van der Waals surface area contributed by atoms with E-state index in [0.29, 0.717) is 44.5 Å². The van der Waals surface area contributed by atoms with Crippen molar-refractivity contribution in [1.29, 1.82) is 21.0 Å². The number of carbonyl (C=O) groups excluding carboxylic acids is 2. The summed E-state index contributed by atoms with van der Waals surface area (Å²) in [6.07, 6.45) is 11.8. The van der Waals surface area contributed by atoms with Crippen LogP contribution < -0.4 is 0 Å². The first-order chi connectivity index (χ1) is 44.8. The van der Waals surface area contributed by atoms with Crippen molar-refractivity contribution in [3.63, 3.8) is 0 Å². The van der Waals surface area contributed by atoms with E-state index in [2.05, 4.69) is 185 Å². The van der Waals surface area contributed by atoms with Crippen LogP contribution in [0.5, 0.6) is 0 Å². The lowest BCUT2D eigenvalue weighted by molar-refractivity contribution is 0.103. The second-order valence-corrected chi connectivity index (χ2v) is 29.9. The third-order valence-electron chi connectivity index (χ3n) is 20.4. The normalized spacial score (nSPS) is 16.7. The van der Waals surface area contributed by atoms with Gasteiger partial charge in [0.15, 0.2) is 11.6 Å². The highest BCUT2D eigenvalue weighted by molar-refractivity contribution is 7.31. The minimum absolute atomic E-state index is 0.0545. The lowest BCUT2D eigenvalue weighted by atomic mass is 9.65. The number of rotatable bonds is 6. The molecule has 4 heterocycles. The molecular formula is C82H54N4O2S4. The number of fused-ring (bicyclic) bond motifs is 14. The van der Waals surface area contributed by atoms with Gasteiger partial charge in [0, 0.05) is 73.5 Å². The maximum Gasteiger partial charge on any atom is 0.194 e. The SMILES string of the molecule is Cc1ccc(C2(c3ccc(C)cc3)c3cc4c(cc3-c3sc5cc(/C=C6\C(=O)c7cc8c(cc7C6=C(C#N)C#N)CCCC8)sc5c32)C(c2ccc(C)cc2)(c2ccc(C)cc2)c2c-4sc3cc(/C=C4\C(=O)c5cc6c(cc5C4=C(C#N)C#N)CCCC6)sc23)cc1. The lowest BCUT2D eigenvalue weighted by Crippen LogP contribution is -2.30. The highest BCUT2D eigenvalue weighted by Crippen LogP contribution is 2.68. The zero-order chi connectivity index (χ0) is 62.6. The topological polar surface area (TPSA) is 129 Å². The molecule has 6 aliphatic carbocycles. The standard InChI is InChI=1S/C82H54N4O2S4/c1-43-13-21-53(22-14-43)81(54-23-15-44(2)16-24-54)67-37-64-68(38-63(67)77-73(81)79-69(91-77)35-57(89-79)33-65-71(51(39-83)40-84)59-29-47-9-5-7-11-49(47)31-61(59)75(65)87)82(55-25-17-45(3)18-26-55,56-27-19-46(4)20-28-56)74-78(64)92-70-36-58(90-80(70)74)34-66-72(52(41-85)42-86)60-30-48-10-6-8-12-50(48)32-62(60)76(66)88/h13-38H,5-12H2,1-4H3/b65-33-,66-34-. The molecule has 0 bridgehead atoms. The first-order valence-electron chi connectivity index (χ1n) is 31.4. The Morgan fingerprint density at radius 3 is 1.00 bits per heavy atom. The van der Waals surface area contributed by atoms with Gasteiger partial charge in [0.2, 0.25) is 0 Å². The van der Waals surface area contributed by atoms with Gasteiger partial charge in [0.05, 0.1) is 20.2 Å². The van der Waals surface area contributed by atoms with Gasteiger partial charge in [-0.3, -0.25) is 9.59 Å². The van der Waals surface area contributed by atoms with Crippen LogP contribution in [0.4, 0.5) is 0 Å². The molecule has 11 aromatic rings. The monoisotopic (exact) mass is 1250 g/mol. The van der Waals surface area contributed by atoms with Gasteiger partial charge >= 0.3 is 0 Å². The molecule has 0 fully saturated rings. The largest absolute Gasteiger partial charge is 0.289 e. The minimum atomic E-state index is -0.818. The molecule has 0 amide bonds. The van der Waals surface area contributed by atoms with Gasteiger partial charge in [-0.05, 0) is 206 Å². The summed E-state index contributed by atoms with van der Waals surface area (Å²) in [4.78, 5) is 33.8. The van der Waals surface area contributed by atoms with Crippen molar-refractivity contribution in [3.8, 4) is 45.2 Å². The number of aryl methyl sites for hydroxylation is 8. The summed E-state index contributed by atoms with van der Waals surface area (Å²) in [5.74, 6) is -0.307. The quantitative estimate of drug-likeness (QED) is 0.120. The van der Waals surface area contributed by atoms with Crippen LogP contribution >= 0.6 is 45.3 Å². The van der Waals surface area contributed by atoms with Crippen LogP contribution in [0, 0.1) is 73.0 Å². The van der Waals surface area contributed by atoms with Gasteiger partial charge in [-0.2, -0.15) is 21.0 Å². The molecule has 0 spiro atoms. The number of benzene rings is 7. The molecule has 10 heteroatoms. The van der Waals surface area contributed by atoms with Crippen LogP contribution in [-0.4, -0.2) is 11.6 Å². The number of nitriles is 4. The fourth-order valence-corrected chi connectivity index (χ4v) is 21.6. The smallest absolute Gasteiger partial charge is 0.194 e. The van der Waals surface area contributed by atoms with Gasteiger partial charge in [-0.1, -0.05) is 131 Å². The molecule has 0 saturated carbocycles. The van der Waals surface area contributed by atoms with Crippen LogP contribution in [0.15, 0.2) is 168 Å². The highest BCUT2D eigenvalue weighted by atomic mass is 32.1. The van der Waals surface area contributed by atoms with E-state index in [-0.39, 0.29) is 22.7 Å². The van der Waals surface area contributed by atoms with E-state index in [1.54, 1.807) is 45.3 Å². The van der Waals surface area contributed by atoms with E-state index in [1.807, 2.05) is 24.3 Å². The van der Waals surface area contributed by atoms with E-state index in [1.165, 1.54) is 54.3 Å². The minimum Gasteiger partial charge on any atom is -0.289 e. The summed E-state index contributed by atoms with van der Waals surface area (Å²) in [7, 11) is 0. The Hall–Kier alpha value is -9.88. The molecule has 92 heavy (non-hydrogen) atoms. The highest BCUT2D eigenvalue weighted by Gasteiger charge is 2.54. The molecule has 0 saturated heterocycles. The average Bonchev–Trinajstić information content (AvgIpc) is 1.49. The Balaban J connectivity index is 0.917. The average molecular weight is 1260 g/mol. The molecule has 0 N–H and O–H groups in total. The first-order valence-corrected chi connectivity index (χ1v) is 34.7. The molecule has 438 valence electrons. The van der Waals surface area contributed by atoms with E-state index in [9.17, 15) is 30.6 Å². The number of Topliss-reactive ketones (excluding diaryl/α,β-unsaturated/α-hetero) is 2. The van der Waals surface area contributed by atoms with Crippen LogP contribution in [0.1, 0.15) is 156 Å². The summed E-state index contributed by atoms with van der Waals surface area (Å²) in [6.45, 7) is 8.55. The predicted molar refractivity (Wildman–Crippen MR) is 374 cm³/mol. The second kappa shape index (κ2) is 20.8. The Morgan fingerprint density at radius 2 is 0.696 bits per heavy atom. The number of hydrogen-bond acceptors (Lipinski definition) is 10. The van der Waals surface area contributed by atoms with Gasteiger partial charge in [0.25, 0.3) is 0 Å². The molecule has 6 nitrogen and oxygen atoms in total. The van der Waals surface area contributed by atoms with Crippen molar-refractivity contribution in [2.24, 2.45) is 0 Å². The number of allylic oxidation sites excluding steroid dienone is 6. The van der Waals surface area contributed by atoms with Crippen LogP contribution in [0.25, 0.3) is 63.0 Å². The summed E-state index contributed by atoms with van der Waals surface area (Å²) in [6, 6.07) is 62.6. The Morgan fingerprint density at radius 1 is 0.391 bits per heavy atom. The number of carbonyl (C=O) groups is 2. The lowest BCUT2D eigenvalue weighted by Gasteiger charge is -2.35. The van der Waals surface area contributed by atoms with E-state index >= 15 is 0 Å². The molecule has 6 aliphatic rings. The maximum atomic E-state index is 14.8. The third kappa shape index (κ3) is 7.89. The molecule has 4 aromatic heterocycles. The predicted octanol–water partition coefficient (Wildman–Crippen LogP) is 20.1. The number of nitrogens with zero attached hydrogens (tertiary/aromatic N) is 4. The van der Waals surface area contributed by atoms with Crippen molar-refractivity contribution in [2.75, 3.05) is 0 Å². The summed E-state index contributed by atoms with van der Waals surface area (Å²) >= 11 is 6.92. The number of ketones is 2. The van der Waals surface area contributed by atoms with E-state index in [4.69, 9.17) is 0 Å². The molecule has 0 radical (unpaired) electrons. The Labute approximate surface area is 549 Å². The molecule has 17 rings (SSSR count). The summed E-state index contributed by atoms with van der Waals surface area (Å²) < 4.78 is 4.43. The van der Waals surface area contributed by atoms with Crippen LogP contribution in [0.2, 0.25) is 0 Å². The zero-order valence-corrected chi connectivity index (χ0v) is 54.2. The van der Waals surface area contributed by atoms with Crippen molar-refractivity contribution in [2.45, 2.75) is 89.9 Å². The fourth-order valence-electron chi connectivity index (χ4n) is 16.2. The van der Waals surface area contributed by atoms with E-state index < -0.39 is 10.8 Å². The van der Waals surface area contributed by atoms with E-state index in [0.717, 1.165) is 136 Å². The van der Waals surface area contributed by atoms with Crippen molar-refractivity contribution < 1.29 is 9.59 Å². The maximum absolute atomic E-state index is 14.8. The molecular weight excluding hydrogens is 1200 g/mol. The molecule has 0 unspecified atom stereocenters. The van der Waals surface area contributed by atoms with Gasteiger partial charge in [0.1, 0.15) is 35.4 Å². The van der Waals surface area contributed by atoms with Crippen LogP contribution in [-0.2, 0) is 36.5 Å². The third-order valence-corrected chi connectivity index (χ3v) is 25.2.